The average Bonchev–Trinajstić information content (AvgIpc) is 2.44. The summed E-state index contributed by atoms with van der Waals surface area (Å²) in [7, 11) is 0. The summed E-state index contributed by atoms with van der Waals surface area (Å²) in [6, 6.07) is 0.692. The zero-order valence-corrected chi connectivity index (χ0v) is 13.6. The van der Waals surface area contributed by atoms with Gasteiger partial charge in [-0.2, -0.15) is 11.8 Å². The van der Waals surface area contributed by atoms with Crippen LogP contribution in [0.3, 0.4) is 0 Å². The molecule has 1 aliphatic heterocycles. The standard InChI is InChI=1S/C16H31NOS/c1-3-17-15(13-19-4-2)14-8-11-18-16(12-14)9-6-5-7-10-16/h14-15,17H,3-13H2,1-2H3. The van der Waals surface area contributed by atoms with Gasteiger partial charge < -0.3 is 10.1 Å². The maximum atomic E-state index is 6.23. The van der Waals surface area contributed by atoms with Crippen LogP contribution in [0.2, 0.25) is 0 Å². The molecule has 0 amide bonds. The van der Waals surface area contributed by atoms with Crippen molar-refractivity contribution in [3.05, 3.63) is 0 Å². The molecule has 1 saturated heterocycles. The third-order valence-electron chi connectivity index (χ3n) is 4.83. The Labute approximate surface area is 123 Å². The quantitative estimate of drug-likeness (QED) is 0.801. The predicted molar refractivity (Wildman–Crippen MR) is 85.0 cm³/mol. The van der Waals surface area contributed by atoms with E-state index in [1.54, 1.807) is 0 Å². The van der Waals surface area contributed by atoms with Crippen LogP contribution >= 0.6 is 11.8 Å². The molecule has 2 rings (SSSR count). The smallest absolute Gasteiger partial charge is 0.0685 e. The highest BCUT2D eigenvalue weighted by molar-refractivity contribution is 7.99. The Bertz CT molecular complexity index is 248. The summed E-state index contributed by atoms with van der Waals surface area (Å²) in [5.41, 5.74) is 0.256. The SMILES string of the molecule is CCNC(CSCC)C1CCOC2(CCCCC2)C1. The number of nitrogens with one attached hydrogen (secondary N) is 1. The normalized spacial score (nSPS) is 28.4. The van der Waals surface area contributed by atoms with Crippen molar-refractivity contribution in [2.24, 2.45) is 5.92 Å². The molecule has 1 heterocycles. The van der Waals surface area contributed by atoms with E-state index in [0.717, 1.165) is 19.1 Å². The van der Waals surface area contributed by atoms with Gasteiger partial charge in [-0.15, -0.1) is 0 Å². The van der Waals surface area contributed by atoms with Crippen LogP contribution in [-0.2, 0) is 4.74 Å². The molecule has 19 heavy (non-hydrogen) atoms. The van der Waals surface area contributed by atoms with Gasteiger partial charge in [-0.25, -0.2) is 0 Å². The Kier molecular flexibility index (Phi) is 6.51. The van der Waals surface area contributed by atoms with E-state index in [-0.39, 0.29) is 5.60 Å². The largest absolute Gasteiger partial charge is 0.375 e. The van der Waals surface area contributed by atoms with E-state index in [4.69, 9.17) is 4.74 Å². The topological polar surface area (TPSA) is 21.3 Å². The van der Waals surface area contributed by atoms with Crippen LogP contribution in [0, 0.1) is 5.92 Å². The maximum absolute atomic E-state index is 6.23. The summed E-state index contributed by atoms with van der Waals surface area (Å²) in [6.45, 7) is 6.59. The highest BCUT2D eigenvalue weighted by Gasteiger charge is 2.40. The monoisotopic (exact) mass is 285 g/mol. The van der Waals surface area contributed by atoms with Crippen molar-refractivity contribution in [3.63, 3.8) is 0 Å². The van der Waals surface area contributed by atoms with Crippen molar-refractivity contribution in [2.75, 3.05) is 24.7 Å². The van der Waals surface area contributed by atoms with Crippen molar-refractivity contribution < 1.29 is 4.74 Å². The van der Waals surface area contributed by atoms with Crippen molar-refractivity contribution in [1.82, 2.24) is 5.32 Å². The summed E-state index contributed by atoms with van der Waals surface area (Å²) >= 11 is 2.08. The van der Waals surface area contributed by atoms with E-state index in [1.807, 2.05) is 0 Å². The number of rotatable bonds is 6. The van der Waals surface area contributed by atoms with E-state index in [2.05, 4.69) is 30.9 Å². The summed E-state index contributed by atoms with van der Waals surface area (Å²) < 4.78 is 6.23. The van der Waals surface area contributed by atoms with Gasteiger partial charge in [-0.1, -0.05) is 33.1 Å². The van der Waals surface area contributed by atoms with Crippen molar-refractivity contribution in [1.29, 1.82) is 0 Å². The van der Waals surface area contributed by atoms with Gasteiger partial charge in [0.1, 0.15) is 0 Å². The molecule has 2 fully saturated rings. The van der Waals surface area contributed by atoms with Gasteiger partial charge in [0.05, 0.1) is 5.60 Å². The zero-order valence-electron chi connectivity index (χ0n) is 12.7. The van der Waals surface area contributed by atoms with E-state index >= 15 is 0 Å². The molecule has 1 spiro atoms. The van der Waals surface area contributed by atoms with E-state index in [1.165, 1.54) is 56.5 Å². The fourth-order valence-corrected chi connectivity index (χ4v) is 4.70. The first-order valence-corrected chi connectivity index (χ1v) is 9.40. The lowest BCUT2D eigenvalue weighted by Crippen LogP contribution is -2.48. The van der Waals surface area contributed by atoms with Crippen LogP contribution in [-0.4, -0.2) is 36.3 Å². The Balaban J connectivity index is 1.93. The van der Waals surface area contributed by atoms with E-state index in [9.17, 15) is 0 Å². The molecule has 2 nitrogen and oxygen atoms in total. The molecule has 0 radical (unpaired) electrons. The van der Waals surface area contributed by atoms with Crippen LogP contribution < -0.4 is 5.32 Å². The fraction of sp³-hybridized carbons (Fsp3) is 1.00. The first-order valence-electron chi connectivity index (χ1n) is 8.25. The Hall–Kier alpha value is 0.270. The lowest BCUT2D eigenvalue weighted by molar-refractivity contribution is -0.120. The number of ether oxygens (including phenoxy) is 1. The average molecular weight is 285 g/mol. The second-order valence-electron chi connectivity index (χ2n) is 6.17. The zero-order chi connectivity index (χ0) is 13.6. The van der Waals surface area contributed by atoms with Crippen LogP contribution in [0.5, 0.6) is 0 Å². The van der Waals surface area contributed by atoms with E-state index in [0.29, 0.717) is 6.04 Å². The summed E-state index contributed by atoms with van der Waals surface area (Å²) in [6.07, 6.45) is 9.34. The minimum atomic E-state index is 0.256. The number of thioether (sulfide) groups is 1. The molecule has 2 aliphatic rings. The van der Waals surface area contributed by atoms with Crippen LogP contribution in [0.1, 0.15) is 58.8 Å². The minimum Gasteiger partial charge on any atom is -0.375 e. The Morgan fingerprint density at radius 3 is 2.74 bits per heavy atom. The number of hydrogen-bond donors (Lipinski definition) is 1. The predicted octanol–water partition coefficient (Wildman–Crippen LogP) is 3.85. The highest BCUT2D eigenvalue weighted by atomic mass is 32.2. The lowest BCUT2D eigenvalue weighted by Gasteiger charge is -2.45. The molecule has 1 saturated carbocycles. The third kappa shape index (κ3) is 4.37. The van der Waals surface area contributed by atoms with Gasteiger partial charge in [-0.3, -0.25) is 0 Å². The van der Waals surface area contributed by atoms with Crippen molar-refractivity contribution in [3.8, 4) is 0 Å². The van der Waals surface area contributed by atoms with Gasteiger partial charge >= 0.3 is 0 Å². The van der Waals surface area contributed by atoms with Gasteiger partial charge in [0.2, 0.25) is 0 Å². The van der Waals surface area contributed by atoms with Crippen molar-refractivity contribution in [2.45, 2.75) is 70.4 Å². The number of hydrogen-bond acceptors (Lipinski definition) is 3. The second-order valence-corrected chi connectivity index (χ2v) is 7.49. The Morgan fingerprint density at radius 1 is 1.26 bits per heavy atom. The molecule has 2 unspecified atom stereocenters. The van der Waals surface area contributed by atoms with E-state index < -0.39 is 0 Å². The molecule has 0 aromatic heterocycles. The lowest BCUT2D eigenvalue weighted by atomic mass is 9.74. The van der Waals surface area contributed by atoms with Crippen LogP contribution in [0.25, 0.3) is 0 Å². The molecule has 3 heteroatoms. The fourth-order valence-electron chi connectivity index (χ4n) is 3.82. The summed E-state index contributed by atoms with van der Waals surface area (Å²) in [5.74, 6) is 3.33. The summed E-state index contributed by atoms with van der Waals surface area (Å²) in [5, 5.41) is 3.73. The Morgan fingerprint density at radius 2 is 2.05 bits per heavy atom. The minimum absolute atomic E-state index is 0.256. The molecule has 1 N–H and O–H groups in total. The molecule has 2 atom stereocenters. The van der Waals surface area contributed by atoms with Gasteiger partial charge in [0.25, 0.3) is 0 Å². The molecule has 0 aromatic rings. The maximum Gasteiger partial charge on any atom is 0.0685 e. The second kappa shape index (κ2) is 7.90. The molecule has 0 bridgehead atoms. The molecule has 112 valence electrons. The summed E-state index contributed by atoms with van der Waals surface area (Å²) in [4.78, 5) is 0. The molecular weight excluding hydrogens is 254 g/mol. The van der Waals surface area contributed by atoms with Crippen LogP contribution in [0.4, 0.5) is 0 Å². The third-order valence-corrected chi connectivity index (χ3v) is 5.84. The van der Waals surface area contributed by atoms with Gasteiger partial charge in [-0.05, 0) is 43.9 Å². The van der Waals surface area contributed by atoms with Gasteiger partial charge in [0, 0.05) is 18.4 Å². The molecule has 1 aliphatic carbocycles. The van der Waals surface area contributed by atoms with Gasteiger partial charge in [0.15, 0.2) is 0 Å². The molecular formula is C16H31NOS. The highest BCUT2D eigenvalue weighted by Crippen LogP contribution is 2.41. The van der Waals surface area contributed by atoms with Crippen LogP contribution in [0.15, 0.2) is 0 Å². The first kappa shape index (κ1) is 15.7. The van der Waals surface area contributed by atoms with Crippen molar-refractivity contribution >= 4 is 11.8 Å². The molecule has 0 aromatic carbocycles. The first-order chi connectivity index (χ1) is 9.29.